The number of halogens is 3. The van der Waals surface area contributed by atoms with Crippen LogP contribution in [0.4, 0.5) is 18.0 Å². The Labute approximate surface area is 99.5 Å². The Morgan fingerprint density at radius 1 is 1.29 bits per heavy atom. The van der Waals surface area contributed by atoms with Gasteiger partial charge in [0, 0.05) is 12.6 Å². The highest BCUT2D eigenvalue weighted by Gasteiger charge is 2.27. The Balaban J connectivity index is 3.87. The summed E-state index contributed by atoms with van der Waals surface area (Å²) in [6.07, 6.45) is -4.38. The predicted molar refractivity (Wildman–Crippen MR) is 59.8 cm³/mol. The predicted octanol–water partition coefficient (Wildman–Crippen LogP) is 1.58. The second-order valence-electron chi connectivity index (χ2n) is 3.83. The molecular weight excluding hydrogens is 235 g/mol. The number of nitrogens with zero attached hydrogens (tertiary/aromatic N) is 1. The number of likely N-dealkylation sites (N-methyl/N-ethyl adjacent to an activating group) is 1. The van der Waals surface area contributed by atoms with Crippen LogP contribution in [-0.2, 0) is 0 Å². The van der Waals surface area contributed by atoms with Gasteiger partial charge < -0.3 is 15.5 Å². The van der Waals surface area contributed by atoms with Crippen LogP contribution in [0.2, 0.25) is 0 Å². The Morgan fingerprint density at radius 3 is 2.24 bits per heavy atom. The zero-order valence-electron chi connectivity index (χ0n) is 10.4. The van der Waals surface area contributed by atoms with Gasteiger partial charge in [-0.1, -0.05) is 13.8 Å². The molecule has 0 fully saturated rings. The van der Waals surface area contributed by atoms with E-state index in [4.69, 9.17) is 0 Å². The molecule has 0 aromatic carbocycles. The molecule has 0 aliphatic rings. The van der Waals surface area contributed by atoms with Gasteiger partial charge in [-0.05, 0) is 20.0 Å². The fourth-order valence-corrected chi connectivity index (χ4v) is 1.37. The van der Waals surface area contributed by atoms with Crippen LogP contribution < -0.4 is 10.6 Å². The average Bonchev–Trinajstić information content (AvgIpc) is 2.22. The van der Waals surface area contributed by atoms with Crippen molar-refractivity contribution in [3.8, 4) is 0 Å². The van der Waals surface area contributed by atoms with E-state index in [-0.39, 0.29) is 6.04 Å². The molecule has 17 heavy (non-hydrogen) atoms. The van der Waals surface area contributed by atoms with Gasteiger partial charge in [0.1, 0.15) is 6.54 Å². The molecule has 1 unspecified atom stereocenters. The molecule has 7 heteroatoms. The molecule has 0 aliphatic heterocycles. The van der Waals surface area contributed by atoms with Crippen molar-refractivity contribution in [2.24, 2.45) is 0 Å². The summed E-state index contributed by atoms with van der Waals surface area (Å²) in [6, 6.07) is -0.981. The van der Waals surface area contributed by atoms with Gasteiger partial charge in [-0.2, -0.15) is 13.2 Å². The van der Waals surface area contributed by atoms with Crippen molar-refractivity contribution in [2.75, 3.05) is 26.2 Å². The lowest BCUT2D eigenvalue weighted by Crippen LogP contribution is -2.48. The minimum absolute atomic E-state index is 0.192. The summed E-state index contributed by atoms with van der Waals surface area (Å²) in [4.78, 5) is 13.2. The molecule has 0 saturated heterocycles. The first-order valence-electron chi connectivity index (χ1n) is 5.62. The number of rotatable bonds is 6. The fraction of sp³-hybridized carbons (Fsp3) is 0.900. The van der Waals surface area contributed by atoms with E-state index in [1.807, 2.05) is 13.8 Å². The average molecular weight is 255 g/mol. The maximum Gasteiger partial charge on any atom is 0.405 e. The van der Waals surface area contributed by atoms with Crippen molar-refractivity contribution >= 4 is 6.03 Å². The molecule has 2 amide bonds. The van der Waals surface area contributed by atoms with Gasteiger partial charge in [-0.3, -0.25) is 0 Å². The lowest BCUT2D eigenvalue weighted by atomic mass is 10.3. The zero-order valence-corrected chi connectivity index (χ0v) is 10.4. The number of hydrogen-bond donors (Lipinski definition) is 2. The topological polar surface area (TPSA) is 44.4 Å². The molecule has 0 aliphatic carbocycles. The maximum atomic E-state index is 11.8. The second-order valence-corrected chi connectivity index (χ2v) is 3.83. The monoisotopic (exact) mass is 255 g/mol. The van der Waals surface area contributed by atoms with Crippen LogP contribution in [0, 0.1) is 0 Å². The van der Waals surface area contributed by atoms with Crippen LogP contribution in [0.3, 0.4) is 0 Å². The molecule has 0 aromatic rings. The first kappa shape index (κ1) is 16.0. The summed E-state index contributed by atoms with van der Waals surface area (Å²) in [6.45, 7) is 6.72. The summed E-state index contributed by atoms with van der Waals surface area (Å²) in [5.74, 6) is 0. The Bertz CT molecular complexity index is 229. The Hall–Kier alpha value is -0.980. The molecule has 0 heterocycles. The summed E-state index contributed by atoms with van der Waals surface area (Å²) >= 11 is 0. The molecule has 0 spiro atoms. The van der Waals surface area contributed by atoms with Crippen LogP contribution >= 0.6 is 0 Å². The van der Waals surface area contributed by atoms with Crippen molar-refractivity contribution in [1.82, 2.24) is 15.5 Å². The summed E-state index contributed by atoms with van der Waals surface area (Å²) in [5.41, 5.74) is 0. The van der Waals surface area contributed by atoms with Crippen molar-refractivity contribution in [1.29, 1.82) is 0 Å². The zero-order chi connectivity index (χ0) is 13.5. The highest BCUT2D eigenvalue weighted by atomic mass is 19.4. The number of alkyl halides is 3. The third-order valence-electron chi connectivity index (χ3n) is 2.25. The van der Waals surface area contributed by atoms with Gasteiger partial charge in [0.25, 0.3) is 0 Å². The van der Waals surface area contributed by atoms with Crippen LogP contribution in [0.25, 0.3) is 0 Å². The van der Waals surface area contributed by atoms with Crippen molar-refractivity contribution < 1.29 is 18.0 Å². The highest BCUT2D eigenvalue weighted by molar-refractivity contribution is 5.74. The molecule has 102 valence electrons. The highest BCUT2D eigenvalue weighted by Crippen LogP contribution is 2.11. The normalized spacial score (nSPS) is 13.6. The van der Waals surface area contributed by atoms with E-state index in [0.717, 1.165) is 13.1 Å². The molecule has 1 atom stereocenters. The lowest BCUT2D eigenvalue weighted by molar-refractivity contribution is -0.122. The quantitative estimate of drug-likeness (QED) is 0.757. The molecule has 4 nitrogen and oxygen atoms in total. The van der Waals surface area contributed by atoms with Gasteiger partial charge in [0.05, 0.1) is 0 Å². The van der Waals surface area contributed by atoms with Crippen LogP contribution in [-0.4, -0.2) is 49.3 Å². The number of hydrogen-bond acceptors (Lipinski definition) is 2. The fourth-order valence-electron chi connectivity index (χ4n) is 1.37. The number of carbonyl (C=O) groups is 1. The second kappa shape index (κ2) is 7.37. The smallest absolute Gasteiger partial charge is 0.334 e. The third-order valence-corrected chi connectivity index (χ3v) is 2.25. The summed E-state index contributed by atoms with van der Waals surface area (Å²) in [7, 11) is 0. The van der Waals surface area contributed by atoms with Crippen LogP contribution in [0.5, 0.6) is 0 Å². The molecule has 0 bridgehead atoms. The number of amides is 2. The summed E-state index contributed by atoms with van der Waals surface area (Å²) in [5, 5.41) is 4.23. The van der Waals surface area contributed by atoms with E-state index in [0.29, 0.717) is 6.54 Å². The molecule has 2 N–H and O–H groups in total. The number of urea groups is 1. The van der Waals surface area contributed by atoms with Crippen molar-refractivity contribution in [3.05, 3.63) is 0 Å². The molecule has 0 aromatic heterocycles. The van der Waals surface area contributed by atoms with E-state index in [1.54, 1.807) is 12.2 Å². The first-order valence-corrected chi connectivity index (χ1v) is 5.62. The molecular formula is C10H20F3N3O. The Kier molecular flexibility index (Phi) is 6.94. The van der Waals surface area contributed by atoms with E-state index < -0.39 is 18.8 Å². The van der Waals surface area contributed by atoms with Gasteiger partial charge in [0.15, 0.2) is 0 Å². The molecule has 0 radical (unpaired) electrons. The number of nitrogens with one attached hydrogen (secondary N) is 2. The van der Waals surface area contributed by atoms with E-state index in [9.17, 15) is 18.0 Å². The summed E-state index contributed by atoms with van der Waals surface area (Å²) < 4.78 is 35.5. The van der Waals surface area contributed by atoms with E-state index in [2.05, 4.69) is 10.2 Å². The number of carbonyl (C=O) groups excluding carboxylic acids is 1. The van der Waals surface area contributed by atoms with E-state index in [1.165, 1.54) is 0 Å². The van der Waals surface area contributed by atoms with Crippen molar-refractivity contribution in [3.63, 3.8) is 0 Å². The van der Waals surface area contributed by atoms with Gasteiger partial charge in [-0.15, -0.1) is 0 Å². The Morgan fingerprint density at radius 2 is 1.82 bits per heavy atom. The standard InChI is InChI=1S/C10H20F3N3O/c1-4-16(5-2)6-8(3)15-9(17)14-7-10(11,12)13/h8H,4-7H2,1-3H3,(H2,14,15,17). The SMILES string of the molecule is CCN(CC)CC(C)NC(=O)NCC(F)(F)F. The van der Waals surface area contributed by atoms with Gasteiger partial charge in [0.2, 0.25) is 0 Å². The minimum Gasteiger partial charge on any atom is -0.334 e. The molecule has 0 saturated carbocycles. The van der Waals surface area contributed by atoms with Gasteiger partial charge >= 0.3 is 12.2 Å². The third kappa shape index (κ3) is 8.79. The first-order chi connectivity index (χ1) is 7.78. The largest absolute Gasteiger partial charge is 0.405 e. The van der Waals surface area contributed by atoms with Crippen LogP contribution in [0.15, 0.2) is 0 Å². The maximum absolute atomic E-state index is 11.8. The van der Waals surface area contributed by atoms with Gasteiger partial charge in [-0.25, -0.2) is 4.79 Å². The lowest BCUT2D eigenvalue weighted by Gasteiger charge is -2.23. The minimum atomic E-state index is -4.38. The molecule has 0 rings (SSSR count). The van der Waals surface area contributed by atoms with Crippen molar-refractivity contribution in [2.45, 2.75) is 33.0 Å². The van der Waals surface area contributed by atoms with Crippen LogP contribution in [0.1, 0.15) is 20.8 Å². The van der Waals surface area contributed by atoms with E-state index >= 15 is 0 Å².